The van der Waals surface area contributed by atoms with Gasteiger partial charge in [-0.1, -0.05) is 75.1 Å². The van der Waals surface area contributed by atoms with Gasteiger partial charge in [0.25, 0.3) is 0 Å². The molecule has 0 aliphatic carbocycles. The number of nitrogens with one attached hydrogen (secondary N) is 3. The smallest absolute Gasteiger partial charge is 0.408 e. The third-order valence-electron chi connectivity index (χ3n) is 4.99. The molecule has 3 amide bonds. The number of ether oxygens (including phenoxy) is 1. The van der Waals surface area contributed by atoms with Gasteiger partial charge in [-0.05, 0) is 23.8 Å². The highest BCUT2D eigenvalue weighted by Gasteiger charge is 2.30. The van der Waals surface area contributed by atoms with Crippen molar-refractivity contribution < 1.29 is 23.7 Å². The Morgan fingerprint density at radius 3 is 2.24 bits per heavy atom. The number of alkyl carbamates (subject to hydrolysis) is 1. The van der Waals surface area contributed by atoms with Crippen molar-refractivity contribution in [3.63, 3.8) is 0 Å². The van der Waals surface area contributed by atoms with Crippen molar-refractivity contribution in [2.45, 2.75) is 65.3 Å². The van der Waals surface area contributed by atoms with Crippen molar-refractivity contribution in [1.82, 2.24) is 16.0 Å². The number of amides is 3. The Morgan fingerprint density at radius 2 is 1.71 bits per heavy atom. The number of carbonyl (C=O) groups excluding carboxylic acids is 3. The van der Waals surface area contributed by atoms with E-state index < -0.39 is 47.2 Å². The second-order valence-electron chi connectivity index (χ2n) is 8.91. The fourth-order valence-corrected chi connectivity index (χ4v) is 3.71. The molecule has 34 heavy (non-hydrogen) atoms. The molecule has 1 aromatic carbocycles. The average molecular weight is 492 g/mol. The number of benzene rings is 1. The zero-order chi connectivity index (χ0) is 25.7. The van der Waals surface area contributed by atoms with Gasteiger partial charge in [-0.15, -0.1) is 6.42 Å². The molecule has 0 heterocycles. The van der Waals surface area contributed by atoms with Crippen LogP contribution in [-0.2, 0) is 32.1 Å². The first-order chi connectivity index (χ1) is 16.0. The largest absolute Gasteiger partial charge is 0.617 e. The minimum Gasteiger partial charge on any atom is -0.617 e. The summed E-state index contributed by atoms with van der Waals surface area (Å²) in [5.74, 6) is 1.82. The predicted octanol–water partition coefficient (Wildman–Crippen LogP) is 2.35. The summed E-state index contributed by atoms with van der Waals surface area (Å²) in [7, 11) is 0. The van der Waals surface area contributed by atoms with Gasteiger partial charge in [-0.2, -0.15) is 0 Å². The molecule has 0 saturated heterocycles. The van der Waals surface area contributed by atoms with Crippen LogP contribution in [0.4, 0.5) is 4.79 Å². The van der Waals surface area contributed by atoms with E-state index in [0.717, 1.165) is 5.56 Å². The van der Waals surface area contributed by atoms with E-state index in [1.165, 1.54) is 0 Å². The van der Waals surface area contributed by atoms with Crippen LogP contribution in [0.3, 0.4) is 0 Å². The molecule has 9 heteroatoms. The van der Waals surface area contributed by atoms with E-state index in [1.54, 1.807) is 20.1 Å². The van der Waals surface area contributed by atoms with Crippen LogP contribution in [0.15, 0.2) is 30.3 Å². The summed E-state index contributed by atoms with van der Waals surface area (Å²) in [4.78, 5) is 38.2. The maximum Gasteiger partial charge on any atom is 0.408 e. The Kier molecular flexibility index (Phi) is 13.2. The molecule has 0 bridgehead atoms. The van der Waals surface area contributed by atoms with Crippen molar-refractivity contribution in [3.05, 3.63) is 35.9 Å². The summed E-state index contributed by atoms with van der Waals surface area (Å²) in [5.41, 5.74) is 0.826. The number of hydrogen-bond acceptors (Lipinski definition) is 5. The summed E-state index contributed by atoms with van der Waals surface area (Å²) in [6.45, 7) is 7.53. The summed E-state index contributed by atoms with van der Waals surface area (Å²) >= 11 is -1.03. The summed E-state index contributed by atoms with van der Waals surface area (Å²) in [5, 5.41) is 8.09. The highest BCUT2D eigenvalue weighted by atomic mass is 32.2. The third-order valence-corrected chi connectivity index (χ3v) is 5.80. The van der Waals surface area contributed by atoms with E-state index in [9.17, 15) is 18.9 Å². The molecule has 0 spiro atoms. The van der Waals surface area contributed by atoms with E-state index >= 15 is 0 Å². The van der Waals surface area contributed by atoms with Crippen molar-refractivity contribution in [3.8, 4) is 12.3 Å². The lowest BCUT2D eigenvalue weighted by atomic mass is 9.99. The standard InChI is InChI=1S/C25H37N3O5S/c1-7-20(13-14-34(6)32)26-23(29)21(15-17(2)3)27-24(30)22(18(4)5)28-25(31)33-16-19-11-9-8-10-12-19/h1,8-12,17-18,20-22H,13-16H2,2-6H3,(H,26,29)(H,27,30)(H,28,31)/t20-,21+,22+,34?/m1/s1. The molecule has 3 N–H and O–H groups in total. The lowest BCUT2D eigenvalue weighted by Crippen LogP contribution is -2.56. The van der Waals surface area contributed by atoms with Gasteiger partial charge in [0.15, 0.2) is 0 Å². The lowest BCUT2D eigenvalue weighted by Gasteiger charge is -2.26. The van der Waals surface area contributed by atoms with Gasteiger partial charge in [0, 0.05) is 6.42 Å². The van der Waals surface area contributed by atoms with Gasteiger partial charge in [0.1, 0.15) is 24.4 Å². The van der Waals surface area contributed by atoms with Crippen molar-refractivity contribution in [1.29, 1.82) is 0 Å². The maximum absolute atomic E-state index is 13.0. The SMILES string of the molecule is C#C[C@H](CC[S+](C)[O-])NC(=O)[C@H](CC(C)C)NC(=O)[C@@H](NC(=O)OCc1ccccc1)C(C)C. The van der Waals surface area contributed by atoms with E-state index in [4.69, 9.17) is 11.2 Å². The summed E-state index contributed by atoms with van der Waals surface area (Å²) in [6.07, 6.45) is 7.12. The number of hydrogen-bond donors (Lipinski definition) is 3. The molecule has 1 aromatic rings. The molecule has 188 valence electrons. The van der Waals surface area contributed by atoms with Gasteiger partial charge in [0.2, 0.25) is 11.8 Å². The number of rotatable bonds is 13. The fraction of sp³-hybridized carbons (Fsp3) is 0.560. The molecule has 4 atom stereocenters. The molecular formula is C25H37N3O5S. The monoisotopic (exact) mass is 491 g/mol. The van der Waals surface area contributed by atoms with Crippen LogP contribution in [0.1, 0.15) is 46.1 Å². The fourth-order valence-electron chi connectivity index (χ4n) is 3.14. The Morgan fingerprint density at radius 1 is 1.06 bits per heavy atom. The Hall–Kier alpha value is -2.70. The van der Waals surface area contributed by atoms with E-state index in [-0.39, 0.29) is 18.4 Å². The molecule has 0 saturated carbocycles. The first kappa shape index (κ1) is 29.3. The highest BCUT2D eigenvalue weighted by molar-refractivity contribution is 7.90. The molecule has 0 aliphatic heterocycles. The number of carbonyl (C=O) groups is 3. The molecule has 0 aromatic heterocycles. The zero-order valence-electron chi connectivity index (χ0n) is 20.6. The Balaban J connectivity index is 2.79. The maximum atomic E-state index is 13.0. The van der Waals surface area contributed by atoms with Gasteiger partial charge < -0.3 is 25.2 Å². The zero-order valence-corrected chi connectivity index (χ0v) is 21.4. The minimum absolute atomic E-state index is 0.0769. The van der Waals surface area contributed by atoms with Crippen LogP contribution in [-0.4, -0.2) is 52.6 Å². The van der Waals surface area contributed by atoms with Gasteiger partial charge >= 0.3 is 6.09 Å². The van der Waals surface area contributed by atoms with Crippen molar-refractivity contribution in [2.24, 2.45) is 11.8 Å². The van der Waals surface area contributed by atoms with Gasteiger partial charge in [0.05, 0.1) is 12.3 Å². The first-order valence-electron chi connectivity index (χ1n) is 11.4. The van der Waals surface area contributed by atoms with Gasteiger partial charge in [-0.25, -0.2) is 4.79 Å². The van der Waals surface area contributed by atoms with Crippen LogP contribution in [0.25, 0.3) is 0 Å². The summed E-state index contributed by atoms with van der Waals surface area (Å²) in [6, 6.07) is 6.89. The van der Waals surface area contributed by atoms with Crippen LogP contribution in [0.5, 0.6) is 0 Å². The van der Waals surface area contributed by atoms with Crippen LogP contribution in [0.2, 0.25) is 0 Å². The molecule has 0 fully saturated rings. The van der Waals surface area contributed by atoms with Crippen LogP contribution < -0.4 is 16.0 Å². The molecule has 0 aliphatic rings. The van der Waals surface area contributed by atoms with E-state index in [0.29, 0.717) is 18.6 Å². The van der Waals surface area contributed by atoms with Crippen molar-refractivity contribution >= 4 is 29.1 Å². The lowest BCUT2D eigenvalue weighted by molar-refractivity contribution is -0.131. The normalized spacial score (nSPS) is 14.4. The minimum atomic E-state index is -1.03. The molecule has 1 unspecified atom stereocenters. The highest BCUT2D eigenvalue weighted by Crippen LogP contribution is 2.09. The van der Waals surface area contributed by atoms with E-state index in [2.05, 4.69) is 21.9 Å². The molecular weight excluding hydrogens is 454 g/mol. The molecule has 8 nitrogen and oxygen atoms in total. The quantitative estimate of drug-likeness (QED) is 0.289. The number of terminal acetylenes is 1. The molecule has 0 radical (unpaired) electrons. The molecule has 1 rings (SSSR count). The van der Waals surface area contributed by atoms with Crippen molar-refractivity contribution in [2.75, 3.05) is 12.0 Å². The average Bonchev–Trinajstić information content (AvgIpc) is 2.78. The van der Waals surface area contributed by atoms with Gasteiger partial charge in [-0.3, -0.25) is 9.59 Å². The Bertz CT molecular complexity index is 824. The topological polar surface area (TPSA) is 120 Å². The van der Waals surface area contributed by atoms with Crippen LogP contribution >= 0.6 is 0 Å². The van der Waals surface area contributed by atoms with Crippen LogP contribution in [0, 0.1) is 24.2 Å². The van der Waals surface area contributed by atoms with E-state index in [1.807, 2.05) is 44.2 Å². The third kappa shape index (κ3) is 11.4. The summed E-state index contributed by atoms with van der Waals surface area (Å²) < 4.78 is 16.6. The predicted molar refractivity (Wildman–Crippen MR) is 134 cm³/mol. The second-order valence-corrected chi connectivity index (χ2v) is 10.5. The first-order valence-corrected chi connectivity index (χ1v) is 13.1. The second kappa shape index (κ2) is 15.3. The Labute approximate surface area is 206 Å².